The van der Waals surface area contributed by atoms with Crippen molar-refractivity contribution in [2.75, 3.05) is 10.6 Å². The van der Waals surface area contributed by atoms with Gasteiger partial charge in [-0.25, -0.2) is 9.67 Å². The maximum atomic E-state index is 13.0. The summed E-state index contributed by atoms with van der Waals surface area (Å²) in [5.41, 5.74) is 1.66. The lowest BCUT2D eigenvalue weighted by atomic mass is 9.95. The number of nitrogens with zero attached hydrogens (tertiary/aromatic N) is 5. The molecule has 2 N–H and O–H groups in total. The molecule has 0 spiro atoms. The van der Waals surface area contributed by atoms with Crippen LogP contribution in [0.3, 0.4) is 0 Å². The van der Waals surface area contributed by atoms with E-state index < -0.39 is 11.0 Å². The lowest BCUT2D eigenvalue weighted by Crippen LogP contribution is -2.31. The number of nitro benzene ring substituents is 1. The highest BCUT2D eigenvalue weighted by Gasteiger charge is 2.33. The lowest BCUT2D eigenvalue weighted by Gasteiger charge is -2.28. The summed E-state index contributed by atoms with van der Waals surface area (Å²) in [6.07, 6.45) is 2.97. The Balaban J connectivity index is 1.76. The SMILES string of the molecule is CC1=C(C(=O)Nc2ccccn2)[C@@H](c2ccc([N+](=O)[O-])cc2)n2ncnc2N1. The van der Waals surface area contributed by atoms with E-state index in [4.69, 9.17) is 0 Å². The van der Waals surface area contributed by atoms with E-state index in [9.17, 15) is 14.9 Å². The number of pyridine rings is 1. The average molecular weight is 377 g/mol. The van der Waals surface area contributed by atoms with Gasteiger partial charge in [-0.05, 0) is 36.8 Å². The smallest absolute Gasteiger partial charge is 0.269 e. The highest BCUT2D eigenvalue weighted by atomic mass is 16.6. The molecule has 2 aromatic heterocycles. The van der Waals surface area contributed by atoms with E-state index in [1.807, 2.05) is 0 Å². The Kier molecular flexibility index (Phi) is 4.28. The number of aromatic nitrogens is 4. The van der Waals surface area contributed by atoms with Crippen LogP contribution in [0.1, 0.15) is 18.5 Å². The molecule has 0 unspecified atom stereocenters. The third kappa shape index (κ3) is 3.07. The summed E-state index contributed by atoms with van der Waals surface area (Å²) >= 11 is 0. The molecule has 1 atom stereocenters. The van der Waals surface area contributed by atoms with Gasteiger partial charge in [0.15, 0.2) is 0 Å². The van der Waals surface area contributed by atoms with E-state index in [0.29, 0.717) is 28.6 Å². The fourth-order valence-electron chi connectivity index (χ4n) is 3.09. The van der Waals surface area contributed by atoms with Crippen LogP contribution in [0.2, 0.25) is 0 Å². The van der Waals surface area contributed by atoms with E-state index in [1.54, 1.807) is 48.1 Å². The highest BCUT2D eigenvalue weighted by molar-refractivity contribution is 6.05. The normalized spacial score (nSPS) is 15.5. The Morgan fingerprint density at radius 3 is 2.68 bits per heavy atom. The van der Waals surface area contributed by atoms with Gasteiger partial charge in [-0.3, -0.25) is 14.9 Å². The predicted octanol–water partition coefficient (Wildman–Crippen LogP) is 2.51. The van der Waals surface area contributed by atoms with Gasteiger partial charge in [0.1, 0.15) is 18.2 Å². The number of carbonyl (C=O) groups is 1. The summed E-state index contributed by atoms with van der Waals surface area (Å²) in [5, 5.41) is 21.0. The molecule has 28 heavy (non-hydrogen) atoms. The number of non-ortho nitro benzene ring substituents is 1. The number of allylic oxidation sites excluding steroid dienone is 1. The molecule has 0 bridgehead atoms. The van der Waals surface area contributed by atoms with Crippen molar-refractivity contribution < 1.29 is 9.72 Å². The third-order valence-corrected chi connectivity index (χ3v) is 4.37. The monoisotopic (exact) mass is 377 g/mol. The Hall–Kier alpha value is -4.08. The van der Waals surface area contributed by atoms with Crippen LogP contribution in [0.15, 0.2) is 66.3 Å². The summed E-state index contributed by atoms with van der Waals surface area (Å²) in [5.74, 6) is 0.545. The summed E-state index contributed by atoms with van der Waals surface area (Å²) in [4.78, 5) is 31.8. The zero-order valence-electron chi connectivity index (χ0n) is 14.7. The molecule has 10 heteroatoms. The van der Waals surface area contributed by atoms with Crippen molar-refractivity contribution in [1.29, 1.82) is 0 Å². The molecule has 4 rings (SSSR count). The predicted molar refractivity (Wildman–Crippen MR) is 100 cm³/mol. The quantitative estimate of drug-likeness (QED) is 0.528. The van der Waals surface area contributed by atoms with Gasteiger partial charge in [0, 0.05) is 24.0 Å². The number of benzene rings is 1. The third-order valence-electron chi connectivity index (χ3n) is 4.37. The molecule has 0 aliphatic carbocycles. The first-order valence-corrected chi connectivity index (χ1v) is 8.38. The lowest BCUT2D eigenvalue weighted by molar-refractivity contribution is -0.384. The molecule has 140 valence electrons. The van der Waals surface area contributed by atoms with Gasteiger partial charge < -0.3 is 10.6 Å². The van der Waals surface area contributed by atoms with Crippen LogP contribution in [0.4, 0.5) is 17.5 Å². The highest BCUT2D eigenvalue weighted by Crippen LogP contribution is 2.35. The zero-order chi connectivity index (χ0) is 19.7. The molecule has 3 heterocycles. The standard InChI is InChI=1S/C18H15N7O3/c1-11-15(17(26)23-14-4-2-3-9-19-14)16(24-18(22-11)20-10-21-24)12-5-7-13(8-6-12)25(27)28/h2-10,16H,1H3,(H,19,23,26)(H,20,21,22)/t16-/m1/s1. The number of anilines is 2. The second-order valence-electron chi connectivity index (χ2n) is 6.11. The molecule has 0 saturated heterocycles. The molecule has 0 radical (unpaired) electrons. The first-order valence-electron chi connectivity index (χ1n) is 8.38. The summed E-state index contributed by atoms with van der Waals surface area (Å²) in [6.45, 7) is 1.77. The molecule has 1 amide bonds. The second-order valence-corrected chi connectivity index (χ2v) is 6.11. The van der Waals surface area contributed by atoms with E-state index in [2.05, 4.69) is 25.7 Å². The summed E-state index contributed by atoms with van der Waals surface area (Å²) < 4.78 is 1.57. The van der Waals surface area contributed by atoms with E-state index >= 15 is 0 Å². The van der Waals surface area contributed by atoms with Gasteiger partial charge in [0.05, 0.1) is 10.5 Å². The van der Waals surface area contributed by atoms with Gasteiger partial charge >= 0.3 is 0 Å². The number of hydrogen-bond acceptors (Lipinski definition) is 7. The first kappa shape index (κ1) is 17.3. The number of nitro groups is 1. The van der Waals surface area contributed by atoms with Gasteiger partial charge in [0.2, 0.25) is 5.95 Å². The Bertz CT molecular complexity index is 1070. The molecule has 0 fully saturated rings. The first-order chi connectivity index (χ1) is 13.5. The minimum atomic E-state index is -0.594. The van der Waals surface area contributed by atoms with Crippen molar-refractivity contribution in [2.45, 2.75) is 13.0 Å². The zero-order valence-corrected chi connectivity index (χ0v) is 14.7. The average Bonchev–Trinajstić information content (AvgIpc) is 3.15. The largest absolute Gasteiger partial charge is 0.328 e. The number of nitrogens with one attached hydrogen (secondary N) is 2. The minimum Gasteiger partial charge on any atom is -0.328 e. The van der Waals surface area contributed by atoms with Crippen LogP contribution >= 0.6 is 0 Å². The van der Waals surface area contributed by atoms with Crippen LogP contribution < -0.4 is 10.6 Å². The van der Waals surface area contributed by atoms with Crippen molar-refractivity contribution >= 4 is 23.4 Å². The van der Waals surface area contributed by atoms with Crippen molar-refractivity contribution in [3.63, 3.8) is 0 Å². The topological polar surface area (TPSA) is 128 Å². The Morgan fingerprint density at radius 1 is 1.21 bits per heavy atom. The van der Waals surface area contributed by atoms with Crippen LogP contribution in [0, 0.1) is 10.1 Å². The number of carbonyl (C=O) groups excluding carboxylic acids is 1. The van der Waals surface area contributed by atoms with Gasteiger partial charge in [-0.2, -0.15) is 10.1 Å². The minimum absolute atomic E-state index is 0.0308. The molecular weight excluding hydrogens is 362 g/mol. The molecule has 1 aromatic carbocycles. The van der Waals surface area contributed by atoms with Crippen molar-refractivity contribution in [3.8, 4) is 0 Å². The van der Waals surface area contributed by atoms with Crippen LogP contribution in [-0.4, -0.2) is 30.6 Å². The molecule has 1 aliphatic heterocycles. The summed E-state index contributed by atoms with van der Waals surface area (Å²) in [7, 11) is 0. The van der Waals surface area contributed by atoms with E-state index in [1.165, 1.54) is 18.5 Å². The summed E-state index contributed by atoms with van der Waals surface area (Å²) in [6, 6.07) is 10.6. The second kappa shape index (κ2) is 6.91. The van der Waals surface area contributed by atoms with Gasteiger partial charge in [-0.15, -0.1) is 0 Å². The Labute approximate surface area is 159 Å². The van der Waals surface area contributed by atoms with Crippen LogP contribution in [0.25, 0.3) is 0 Å². The molecule has 0 saturated carbocycles. The number of hydrogen-bond donors (Lipinski definition) is 2. The molecular formula is C18H15N7O3. The molecule has 3 aromatic rings. The fraction of sp³-hybridized carbons (Fsp3) is 0.111. The maximum Gasteiger partial charge on any atom is 0.269 e. The number of fused-ring (bicyclic) bond motifs is 1. The van der Waals surface area contributed by atoms with Gasteiger partial charge in [-0.1, -0.05) is 6.07 Å². The van der Waals surface area contributed by atoms with Gasteiger partial charge in [0.25, 0.3) is 11.6 Å². The van der Waals surface area contributed by atoms with E-state index in [-0.39, 0.29) is 11.6 Å². The Morgan fingerprint density at radius 2 is 2.00 bits per heavy atom. The maximum absolute atomic E-state index is 13.0. The van der Waals surface area contributed by atoms with Crippen molar-refractivity contribution in [1.82, 2.24) is 19.7 Å². The van der Waals surface area contributed by atoms with Crippen molar-refractivity contribution in [2.24, 2.45) is 0 Å². The molecule has 1 aliphatic rings. The van der Waals surface area contributed by atoms with Crippen molar-refractivity contribution in [3.05, 3.63) is 81.9 Å². The van der Waals surface area contributed by atoms with Crippen LogP contribution in [-0.2, 0) is 4.79 Å². The number of rotatable bonds is 4. The number of amides is 1. The van der Waals surface area contributed by atoms with E-state index in [0.717, 1.165) is 0 Å². The molecule has 10 nitrogen and oxygen atoms in total. The fourth-order valence-corrected chi connectivity index (χ4v) is 3.09. The van der Waals surface area contributed by atoms with Crippen LogP contribution in [0.5, 0.6) is 0 Å².